The lowest BCUT2D eigenvalue weighted by Gasteiger charge is -2.22. The molecule has 0 amide bonds. The molecule has 4 nitrogen and oxygen atoms in total. The van der Waals surface area contributed by atoms with E-state index in [-0.39, 0.29) is 6.10 Å². The molecule has 0 atom stereocenters. The van der Waals surface area contributed by atoms with Gasteiger partial charge in [-0.2, -0.15) is 4.98 Å². The zero-order valence-electron chi connectivity index (χ0n) is 9.61. The summed E-state index contributed by atoms with van der Waals surface area (Å²) in [5.41, 5.74) is 0. The molecule has 16 heavy (non-hydrogen) atoms. The van der Waals surface area contributed by atoms with Gasteiger partial charge in [-0.05, 0) is 13.0 Å². The van der Waals surface area contributed by atoms with E-state index in [9.17, 15) is 0 Å². The lowest BCUT2D eigenvalue weighted by molar-refractivity contribution is 0.0238. The van der Waals surface area contributed by atoms with Crippen LogP contribution in [0.4, 0.5) is 5.82 Å². The molecule has 1 saturated heterocycles. The number of pyridine rings is 1. The molecule has 0 bridgehead atoms. The number of ether oxygens (including phenoxy) is 2. The molecular weight excluding hydrogens is 204 g/mol. The van der Waals surface area contributed by atoms with Gasteiger partial charge in [-0.25, -0.2) is 0 Å². The average Bonchev–Trinajstić information content (AvgIpc) is 2.31. The van der Waals surface area contributed by atoms with Crippen molar-refractivity contribution in [2.45, 2.75) is 25.9 Å². The Morgan fingerprint density at radius 2 is 2.25 bits per heavy atom. The summed E-state index contributed by atoms with van der Waals surface area (Å²) in [6, 6.07) is 5.80. The van der Waals surface area contributed by atoms with Gasteiger partial charge in [0.15, 0.2) is 0 Å². The van der Waals surface area contributed by atoms with E-state index >= 15 is 0 Å². The molecule has 0 aliphatic carbocycles. The van der Waals surface area contributed by atoms with E-state index in [1.54, 1.807) is 0 Å². The molecule has 0 saturated carbocycles. The smallest absolute Gasteiger partial charge is 0.215 e. The standard InChI is InChI=1S/C12H18N2O2/c1-2-13-11-4-3-5-12(14-11)16-10-6-8-15-9-7-10/h3-5,10H,2,6-9H2,1H3,(H,13,14). The molecule has 1 aliphatic rings. The van der Waals surface area contributed by atoms with Crippen molar-refractivity contribution in [3.05, 3.63) is 18.2 Å². The Labute approximate surface area is 96.0 Å². The zero-order chi connectivity index (χ0) is 11.2. The monoisotopic (exact) mass is 222 g/mol. The zero-order valence-corrected chi connectivity index (χ0v) is 9.61. The van der Waals surface area contributed by atoms with Crippen LogP contribution >= 0.6 is 0 Å². The average molecular weight is 222 g/mol. The van der Waals surface area contributed by atoms with E-state index in [0.717, 1.165) is 38.4 Å². The summed E-state index contributed by atoms with van der Waals surface area (Å²) in [5, 5.41) is 3.17. The Hall–Kier alpha value is -1.29. The van der Waals surface area contributed by atoms with Crippen LogP contribution in [-0.4, -0.2) is 30.8 Å². The SMILES string of the molecule is CCNc1cccc(OC2CCOCC2)n1. The number of nitrogens with one attached hydrogen (secondary N) is 1. The van der Waals surface area contributed by atoms with Gasteiger partial charge in [0.1, 0.15) is 11.9 Å². The highest BCUT2D eigenvalue weighted by Crippen LogP contribution is 2.17. The minimum atomic E-state index is 0.248. The highest BCUT2D eigenvalue weighted by atomic mass is 16.5. The van der Waals surface area contributed by atoms with Crippen LogP contribution in [-0.2, 0) is 4.74 Å². The number of hydrogen-bond donors (Lipinski definition) is 1. The third kappa shape index (κ3) is 3.10. The predicted molar refractivity (Wildman–Crippen MR) is 62.9 cm³/mol. The van der Waals surface area contributed by atoms with Crippen molar-refractivity contribution >= 4 is 5.82 Å². The Morgan fingerprint density at radius 1 is 1.44 bits per heavy atom. The van der Waals surface area contributed by atoms with E-state index in [1.807, 2.05) is 25.1 Å². The number of hydrogen-bond acceptors (Lipinski definition) is 4. The van der Waals surface area contributed by atoms with Crippen molar-refractivity contribution in [3.63, 3.8) is 0 Å². The fourth-order valence-corrected chi connectivity index (χ4v) is 1.72. The third-order valence-corrected chi connectivity index (χ3v) is 2.54. The fourth-order valence-electron chi connectivity index (χ4n) is 1.72. The van der Waals surface area contributed by atoms with Crippen molar-refractivity contribution < 1.29 is 9.47 Å². The predicted octanol–water partition coefficient (Wildman–Crippen LogP) is 2.07. The van der Waals surface area contributed by atoms with Crippen LogP contribution in [0.1, 0.15) is 19.8 Å². The van der Waals surface area contributed by atoms with Crippen LogP contribution in [0.15, 0.2) is 18.2 Å². The molecule has 1 aromatic rings. The molecule has 4 heteroatoms. The summed E-state index contributed by atoms with van der Waals surface area (Å²) in [4.78, 5) is 4.38. The second-order valence-electron chi connectivity index (χ2n) is 3.82. The lowest BCUT2D eigenvalue weighted by atomic mass is 10.1. The van der Waals surface area contributed by atoms with Crippen LogP contribution in [0, 0.1) is 0 Å². The summed E-state index contributed by atoms with van der Waals surface area (Å²) in [6.07, 6.45) is 2.15. The maximum absolute atomic E-state index is 5.81. The van der Waals surface area contributed by atoms with Gasteiger partial charge in [0, 0.05) is 25.5 Å². The second-order valence-corrected chi connectivity index (χ2v) is 3.82. The molecule has 1 aromatic heterocycles. The van der Waals surface area contributed by atoms with Gasteiger partial charge in [0.05, 0.1) is 13.2 Å². The molecule has 2 heterocycles. The number of rotatable bonds is 4. The summed E-state index contributed by atoms with van der Waals surface area (Å²) in [6.45, 7) is 4.50. The van der Waals surface area contributed by atoms with Gasteiger partial charge >= 0.3 is 0 Å². The molecule has 1 N–H and O–H groups in total. The molecule has 0 radical (unpaired) electrons. The fraction of sp³-hybridized carbons (Fsp3) is 0.583. The van der Waals surface area contributed by atoms with Crippen molar-refractivity contribution in [1.82, 2.24) is 4.98 Å². The topological polar surface area (TPSA) is 43.4 Å². The minimum absolute atomic E-state index is 0.248. The maximum atomic E-state index is 5.81. The first-order valence-electron chi connectivity index (χ1n) is 5.84. The summed E-state index contributed by atoms with van der Waals surface area (Å²) in [7, 11) is 0. The summed E-state index contributed by atoms with van der Waals surface area (Å²) >= 11 is 0. The first-order chi connectivity index (χ1) is 7.88. The first-order valence-corrected chi connectivity index (χ1v) is 5.84. The molecule has 1 fully saturated rings. The van der Waals surface area contributed by atoms with Crippen molar-refractivity contribution in [2.75, 3.05) is 25.1 Å². The van der Waals surface area contributed by atoms with Gasteiger partial charge in [-0.15, -0.1) is 0 Å². The first kappa shape index (κ1) is 11.2. The highest BCUT2D eigenvalue weighted by Gasteiger charge is 2.15. The number of anilines is 1. The largest absolute Gasteiger partial charge is 0.474 e. The molecular formula is C12H18N2O2. The molecule has 1 aliphatic heterocycles. The van der Waals surface area contributed by atoms with Crippen LogP contribution in [0.5, 0.6) is 5.88 Å². The van der Waals surface area contributed by atoms with E-state index in [0.29, 0.717) is 5.88 Å². The van der Waals surface area contributed by atoms with Crippen molar-refractivity contribution in [2.24, 2.45) is 0 Å². The van der Waals surface area contributed by atoms with Crippen molar-refractivity contribution in [3.8, 4) is 5.88 Å². The van der Waals surface area contributed by atoms with Crippen LogP contribution in [0.25, 0.3) is 0 Å². The highest BCUT2D eigenvalue weighted by molar-refractivity contribution is 5.36. The van der Waals surface area contributed by atoms with Crippen LogP contribution < -0.4 is 10.1 Å². The number of nitrogens with zero attached hydrogens (tertiary/aromatic N) is 1. The molecule has 88 valence electrons. The number of aromatic nitrogens is 1. The Morgan fingerprint density at radius 3 is 3.00 bits per heavy atom. The molecule has 0 unspecified atom stereocenters. The quantitative estimate of drug-likeness (QED) is 0.847. The van der Waals surface area contributed by atoms with Gasteiger partial charge < -0.3 is 14.8 Å². The second kappa shape index (κ2) is 5.70. The van der Waals surface area contributed by atoms with E-state index in [1.165, 1.54) is 0 Å². The molecule has 0 aromatic carbocycles. The van der Waals surface area contributed by atoms with Gasteiger partial charge in [-0.1, -0.05) is 6.07 Å². The summed E-state index contributed by atoms with van der Waals surface area (Å²) in [5.74, 6) is 1.57. The van der Waals surface area contributed by atoms with E-state index < -0.39 is 0 Å². The van der Waals surface area contributed by atoms with Gasteiger partial charge in [-0.3, -0.25) is 0 Å². The Bertz CT molecular complexity index is 325. The lowest BCUT2D eigenvalue weighted by Crippen LogP contribution is -2.26. The van der Waals surface area contributed by atoms with Crippen molar-refractivity contribution in [1.29, 1.82) is 0 Å². The maximum Gasteiger partial charge on any atom is 0.215 e. The van der Waals surface area contributed by atoms with Crippen LogP contribution in [0.3, 0.4) is 0 Å². The summed E-state index contributed by atoms with van der Waals surface area (Å²) < 4.78 is 11.1. The minimum Gasteiger partial charge on any atom is -0.474 e. The Kier molecular flexibility index (Phi) is 3.99. The molecule has 2 rings (SSSR count). The van der Waals surface area contributed by atoms with Gasteiger partial charge in [0.25, 0.3) is 0 Å². The molecule has 0 spiro atoms. The van der Waals surface area contributed by atoms with E-state index in [2.05, 4.69) is 10.3 Å². The van der Waals surface area contributed by atoms with E-state index in [4.69, 9.17) is 9.47 Å². The Balaban J connectivity index is 1.94. The normalized spacial score (nSPS) is 17.1. The van der Waals surface area contributed by atoms with Gasteiger partial charge in [0.2, 0.25) is 5.88 Å². The van der Waals surface area contributed by atoms with Crippen LogP contribution in [0.2, 0.25) is 0 Å². The third-order valence-electron chi connectivity index (χ3n) is 2.54.